The fraction of sp³-hybridized carbons (Fsp3) is 0.273. The molecule has 5 atom stereocenters. The average molecular weight is 593 g/mol. The van der Waals surface area contributed by atoms with E-state index in [-0.39, 0.29) is 23.6 Å². The molecule has 2 saturated heterocycles. The standard InChI is InChI=1S/C33H32N6O5/c1-37-30(41)26-29(36-33(37)35-20-38(17-22-11-5-2-6-12-22)18-23-13-7-3-8-14-23)39(21-34-26)31-28-27(25(19-40)42-31)43-32(44-28)24-15-9-4-10-16-24/h2-16,20-21,25,27-28,31-32,40H,17-19H2,1H3/b35-20+/t25-,27-,28-,31-,32?/m1/s1. The Hall–Kier alpha value is -4.68. The van der Waals surface area contributed by atoms with Gasteiger partial charge in [-0.05, 0) is 11.1 Å². The molecular weight excluding hydrogens is 560 g/mol. The number of imidazole rings is 1. The van der Waals surface area contributed by atoms with Gasteiger partial charge in [0.1, 0.15) is 18.3 Å². The van der Waals surface area contributed by atoms with Gasteiger partial charge in [0.25, 0.3) is 5.56 Å². The number of nitrogens with zero attached hydrogens (tertiary/aromatic N) is 6. The van der Waals surface area contributed by atoms with Gasteiger partial charge in [-0.2, -0.15) is 4.98 Å². The SMILES string of the molecule is Cn1c(/N=C/N(Cc2ccccc2)Cc2ccccc2)nc2c(ncn2[C@@H]2O[C@H](CO)[C@H]3OC(c4ccccc4)O[C@H]32)c1=O. The maximum absolute atomic E-state index is 13.4. The second-order valence-electron chi connectivity index (χ2n) is 10.9. The maximum atomic E-state index is 13.4. The molecule has 44 heavy (non-hydrogen) atoms. The van der Waals surface area contributed by atoms with Crippen LogP contribution in [-0.4, -0.2) is 60.4 Å². The van der Waals surface area contributed by atoms with Crippen molar-refractivity contribution in [3.63, 3.8) is 0 Å². The van der Waals surface area contributed by atoms with Crippen LogP contribution >= 0.6 is 0 Å². The van der Waals surface area contributed by atoms with Crippen LogP contribution in [0, 0.1) is 0 Å². The summed E-state index contributed by atoms with van der Waals surface area (Å²) in [7, 11) is 1.63. The molecule has 2 aliphatic rings. The summed E-state index contributed by atoms with van der Waals surface area (Å²) >= 11 is 0. The van der Waals surface area contributed by atoms with Gasteiger partial charge in [0, 0.05) is 25.7 Å². The summed E-state index contributed by atoms with van der Waals surface area (Å²) in [6, 6.07) is 29.9. The Kier molecular flexibility index (Phi) is 7.75. The smallest absolute Gasteiger partial charge is 0.282 e. The molecule has 2 fully saturated rings. The van der Waals surface area contributed by atoms with E-state index in [1.807, 2.05) is 66.7 Å². The lowest BCUT2D eigenvalue weighted by Gasteiger charge is -2.21. The molecule has 4 heterocycles. The highest BCUT2D eigenvalue weighted by Crippen LogP contribution is 2.44. The topological polar surface area (TPSA) is 116 Å². The van der Waals surface area contributed by atoms with Crippen LogP contribution in [0.2, 0.25) is 0 Å². The molecule has 0 bridgehead atoms. The number of benzene rings is 3. The Bertz CT molecular complexity index is 1770. The van der Waals surface area contributed by atoms with Crippen LogP contribution in [0.4, 0.5) is 5.95 Å². The van der Waals surface area contributed by atoms with E-state index in [1.165, 1.54) is 10.9 Å². The van der Waals surface area contributed by atoms with E-state index < -0.39 is 30.8 Å². The molecule has 0 saturated carbocycles. The fourth-order valence-electron chi connectivity index (χ4n) is 5.72. The van der Waals surface area contributed by atoms with Crippen LogP contribution in [0.15, 0.2) is 107 Å². The zero-order valence-electron chi connectivity index (χ0n) is 24.1. The summed E-state index contributed by atoms with van der Waals surface area (Å²) in [6.45, 7) is 0.988. The van der Waals surface area contributed by atoms with Crippen molar-refractivity contribution in [1.29, 1.82) is 0 Å². The van der Waals surface area contributed by atoms with Gasteiger partial charge in [-0.1, -0.05) is 91.0 Å². The molecule has 224 valence electrons. The van der Waals surface area contributed by atoms with Gasteiger partial charge in [-0.25, -0.2) is 9.98 Å². The molecule has 0 aliphatic carbocycles. The normalized spacial score (nSPS) is 23.0. The Morgan fingerprint density at radius 3 is 2.14 bits per heavy atom. The van der Waals surface area contributed by atoms with Crippen molar-refractivity contribution in [2.45, 2.75) is 43.9 Å². The number of fused-ring (bicyclic) bond motifs is 2. The van der Waals surface area contributed by atoms with Crippen molar-refractivity contribution < 1.29 is 19.3 Å². The highest BCUT2D eigenvalue weighted by molar-refractivity contribution is 5.72. The van der Waals surface area contributed by atoms with Gasteiger partial charge < -0.3 is 24.2 Å². The predicted octanol–water partition coefficient (Wildman–Crippen LogP) is 3.86. The summed E-state index contributed by atoms with van der Waals surface area (Å²) in [5.41, 5.74) is 3.29. The summed E-state index contributed by atoms with van der Waals surface area (Å²) < 4.78 is 21.7. The minimum Gasteiger partial charge on any atom is -0.394 e. The van der Waals surface area contributed by atoms with Crippen LogP contribution in [0.1, 0.15) is 29.2 Å². The number of ether oxygens (including phenoxy) is 3. The minimum atomic E-state index is -0.722. The van der Waals surface area contributed by atoms with Gasteiger partial charge in [0.15, 0.2) is 23.7 Å². The maximum Gasteiger partial charge on any atom is 0.282 e. The quantitative estimate of drug-likeness (QED) is 0.203. The fourth-order valence-corrected chi connectivity index (χ4v) is 5.72. The monoisotopic (exact) mass is 592 g/mol. The molecule has 11 nitrogen and oxygen atoms in total. The second kappa shape index (κ2) is 12.1. The lowest BCUT2D eigenvalue weighted by Crippen LogP contribution is -2.30. The lowest BCUT2D eigenvalue weighted by molar-refractivity contribution is -0.153. The molecule has 2 aromatic heterocycles. The van der Waals surface area contributed by atoms with E-state index >= 15 is 0 Å². The lowest BCUT2D eigenvalue weighted by atomic mass is 10.1. The van der Waals surface area contributed by atoms with Crippen molar-refractivity contribution in [2.24, 2.45) is 12.0 Å². The molecule has 5 aromatic rings. The van der Waals surface area contributed by atoms with Crippen LogP contribution in [0.5, 0.6) is 0 Å². The highest BCUT2D eigenvalue weighted by Gasteiger charge is 2.53. The third-order valence-electron chi connectivity index (χ3n) is 7.95. The third-order valence-corrected chi connectivity index (χ3v) is 7.95. The number of aliphatic hydroxyl groups excluding tert-OH is 1. The van der Waals surface area contributed by atoms with Gasteiger partial charge in [0.05, 0.1) is 19.3 Å². The first-order valence-electron chi connectivity index (χ1n) is 14.5. The Labute approximate surface area is 253 Å². The first kappa shape index (κ1) is 28.1. The zero-order chi connectivity index (χ0) is 30.0. The molecule has 0 amide bonds. The van der Waals surface area contributed by atoms with Crippen molar-refractivity contribution >= 4 is 23.5 Å². The summed E-state index contributed by atoms with van der Waals surface area (Å²) in [6.07, 6.45) is 0.217. The molecule has 7 rings (SSSR count). The molecule has 1 N–H and O–H groups in total. The molecule has 0 spiro atoms. The van der Waals surface area contributed by atoms with E-state index in [4.69, 9.17) is 19.2 Å². The molecule has 11 heteroatoms. The van der Waals surface area contributed by atoms with Gasteiger partial charge in [0.2, 0.25) is 5.95 Å². The Morgan fingerprint density at radius 1 is 0.886 bits per heavy atom. The summed E-state index contributed by atoms with van der Waals surface area (Å²) in [4.78, 5) is 29.3. The largest absolute Gasteiger partial charge is 0.394 e. The number of aliphatic imine (C=N–C) groups is 1. The second-order valence-corrected chi connectivity index (χ2v) is 10.9. The van der Waals surface area contributed by atoms with E-state index in [9.17, 15) is 9.90 Å². The van der Waals surface area contributed by atoms with Gasteiger partial charge in [-0.3, -0.25) is 13.9 Å². The van der Waals surface area contributed by atoms with Crippen LogP contribution < -0.4 is 5.56 Å². The molecule has 0 radical (unpaired) electrons. The molecular formula is C33H32N6O5. The molecule has 1 unspecified atom stereocenters. The van der Waals surface area contributed by atoms with Crippen molar-refractivity contribution in [3.8, 4) is 0 Å². The Morgan fingerprint density at radius 2 is 1.50 bits per heavy atom. The van der Waals surface area contributed by atoms with E-state index in [0.717, 1.165) is 16.7 Å². The van der Waals surface area contributed by atoms with E-state index in [2.05, 4.69) is 39.1 Å². The number of hydrogen-bond donors (Lipinski definition) is 1. The van der Waals surface area contributed by atoms with Gasteiger partial charge >= 0.3 is 0 Å². The van der Waals surface area contributed by atoms with Crippen LogP contribution in [0.25, 0.3) is 11.2 Å². The number of aromatic nitrogens is 4. The minimum absolute atomic E-state index is 0.183. The third kappa shape index (κ3) is 5.42. The number of rotatable bonds is 9. The highest BCUT2D eigenvalue weighted by atomic mass is 16.8. The van der Waals surface area contributed by atoms with E-state index in [0.29, 0.717) is 18.7 Å². The van der Waals surface area contributed by atoms with Crippen LogP contribution in [-0.2, 0) is 34.3 Å². The average Bonchev–Trinajstić information content (AvgIpc) is 3.77. The zero-order valence-corrected chi connectivity index (χ0v) is 24.1. The van der Waals surface area contributed by atoms with Crippen molar-refractivity contribution in [1.82, 2.24) is 24.0 Å². The number of hydrogen-bond acceptors (Lipinski definition) is 8. The summed E-state index contributed by atoms with van der Waals surface area (Å²) in [5.74, 6) is 0.217. The molecule has 2 aliphatic heterocycles. The molecule has 3 aromatic carbocycles. The van der Waals surface area contributed by atoms with E-state index in [1.54, 1.807) is 18.0 Å². The Balaban J connectivity index is 1.21. The van der Waals surface area contributed by atoms with Crippen molar-refractivity contribution in [2.75, 3.05) is 6.61 Å². The predicted molar refractivity (Wildman–Crippen MR) is 163 cm³/mol. The van der Waals surface area contributed by atoms with Gasteiger partial charge in [-0.15, -0.1) is 0 Å². The first-order valence-corrected chi connectivity index (χ1v) is 14.5. The summed E-state index contributed by atoms with van der Waals surface area (Å²) in [5, 5.41) is 10.1. The first-order chi connectivity index (χ1) is 21.6. The van der Waals surface area contributed by atoms with Crippen molar-refractivity contribution in [3.05, 3.63) is 124 Å². The van der Waals surface area contributed by atoms with Crippen LogP contribution in [0.3, 0.4) is 0 Å². The number of aliphatic hydroxyl groups is 1.